The highest BCUT2D eigenvalue weighted by Crippen LogP contribution is 2.37. The summed E-state index contributed by atoms with van der Waals surface area (Å²) in [5, 5.41) is 3.65. The van der Waals surface area contributed by atoms with Crippen LogP contribution in [0.4, 0.5) is 5.95 Å². The molecule has 1 aromatic carbocycles. The van der Waals surface area contributed by atoms with E-state index in [1.165, 1.54) is 70.6 Å². The van der Waals surface area contributed by atoms with Gasteiger partial charge in [0.05, 0.1) is 23.7 Å². The van der Waals surface area contributed by atoms with Gasteiger partial charge in [0.25, 0.3) is 0 Å². The lowest BCUT2D eigenvalue weighted by Gasteiger charge is -2.35. The summed E-state index contributed by atoms with van der Waals surface area (Å²) in [5.41, 5.74) is 3.51. The van der Waals surface area contributed by atoms with E-state index in [2.05, 4.69) is 29.4 Å². The third kappa shape index (κ3) is 6.35. The van der Waals surface area contributed by atoms with Crippen molar-refractivity contribution < 1.29 is 4.74 Å². The first-order valence-electron chi connectivity index (χ1n) is 15.7. The Balaban J connectivity index is 1.19. The molecule has 2 saturated carbocycles. The Morgan fingerprint density at radius 1 is 0.950 bits per heavy atom. The number of benzene rings is 1. The molecular formula is C33H45N5O2. The number of rotatable bonds is 7. The molecule has 1 atom stereocenters. The standard InChI is InChI=1S/C33H45N5O2/c1-24-8-7-11-29(20-24)38-31(22-37(33(38)39)21-25-17-19-40-23-25)30-16-18-34-32(36-30)35-28-14-12-27(13-15-28)26-9-5-3-2-4-6-10-26/h7-8,11,16,18,20,22,25-28H,2-6,9-10,12-15,17,19,21,23H2,1H3,(H,34,35,36). The molecule has 0 bridgehead atoms. The lowest BCUT2D eigenvalue weighted by Crippen LogP contribution is -2.30. The van der Waals surface area contributed by atoms with E-state index in [-0.39, 0.29) is 5.69 Å². The van der Waals surface area contributed by atoms with Crippen molar-refractivity contribution in [3.8, 4) is 17.1 Å². The predicted octanol–water partition coefficient (Wildman–Crippen LogP) is 6.77. The van der Waals surface area contributed by atoms with Crippen LogP contribution in [0.3, 0.4) is 0 Å². The second-order valence-corrected chi connectivity index (χ2v) is 12.5. The molecule has 1 saturated heterocycles. The topological polar surface area (TPSA) is 74.0 Å². The molecule has 3 heterocycles. The Hall–Kier alpha value is -2.93. The van der Waals surface area contributed by atoms with Gasteiger partial charge >= 0.3 is 5.69 Å². The zero-order valence-electron chi connectivity index (χ0n) is 24.1. The molecular weight excluding hydrogens is 498 g/mol. The summed E-state index contributed by atoms with van der Waals surface area (Å²) in [6.45, 7) is 4.20. The van der Waals surface area contributed by atoms with Gasteiger partial charge in [-0.1, -0.05) is 57.1 Å². The Morgan fingerprint density at radius 2 is 1.73 bits per heavy atom. The number of nitrogens with zero attached hydrogens (tertiary/aromatic N) is 4. The third-order valence-electron chi connectivity index (χ3n) is 9.53. The molecule has 2 aliphatic carbocycles. The van der Waals surface area contributed by atoms with Crippen LogP contribution in [0.2, 0.25) is 0 Å². The fraction of sp³-hybridized carbons (Fsp3) is 0.606. The quantitative estimate of drug-likeness (QED) is 0.356. The van der Waals surface area contributed by atoms with Gasteiger partial charge in [0.2, 0.25) is 5.95 Å². The van der Waals surface area contributed by atoms with Crippen LogP contribution < -0.4 is 11.0 Å². The first-order chi connectivity index (χ1) is 19.6. The molecule has 1 aliphatic heterocycles. The average molecular weight is 544 g/mol. The van der Waals surface area contributed by atoms with Crippen molar-refractivity contribution in [1.29, 1.82) is 0 Å². The number of anilines is 1. The van der Waals surface area contributed by atoms with Gasteiger partial charge in [0, 0.05) is 37.5 Å². The van der Waals surface area contributed by atoms with Crippen LogP contribution in [0.1, 0.15) is 82.6 Å². The smallest absolute Gasteiger partial charge is 0.333 e. The Labute approximate surface area is 238 Å². The molecule has 40 heavy (non-hydrogen) atoms. The number of ether oxygens (including phenoxy) is 1. The Morgan fingerprint density at radius 3 is 2.48 bits per heavy atom. The molecule has 3 aliphatic rings. The SMILES string of the molecule is Cc1cccc(-n2c(-c3ccnc(NC4CCC(C5CCCCCCC5)CC4)n3)cn(CC3CCOC3)c2=O)c1. The fourth-order valence-electron chi connectivity index (χ4n) is 7.27. The number of hydrogen-bond acceptors (Lipinski definition) is 5. The zero-order chi connectivity index (χ0) is 27.3. The van der Waals surface area contributed by atoms with E-state index in [0.717, 1.165) is 47.5 Å². The molecule has 0 radical (unpaired) electrons. The summed E-state index contributed by atoms with van der Waals surface area (Å²) in [4.78, 5) is 23.2. The maximum Gasteiger partial charge on any atom is 0.333 e. The molecule has 214 valence electrons. The summed E-state index contributed by atoms with van der Waals surface area (Å²) in [5.74, 6) is 2.84. The fourth-order valence-corrected chi connectivity index (χ4v) is 7.27. The van der Waals surface area contributed by atoms with Gasteiger partial charge < -0.3 is 10.1 Å². The van der Waals surface area contributed by atoms with E-state index in [0.29, 0.717) is 31.1 Å². The molecule has 7 heteroatoms. The molecule has 3 aromatic rings. The minimum atomic E-state index is -0.0341. The predicted molar refractivity (Wildman–Crippen MR) is 160 cm³/mol. The number of imidazole rings is 1. The number of nitrogens with one attached hydrogen (secondary N) is 1. The highest BCUT2D eigenvalue weighted by Gasteiger charge is 2.28. The highest BCUT2D eigenvalue weighted by atomic mass is 16.5. The van der Waals surface area contributed by atoms with Crippen molar-refractivity contribution >= 4 is 5.95 Å². The second-order valence-electron chi connectivity index (χ2n) is 12.5. The van der Waals surface area contributed by atoms with Gasteiger partial charge in [-0.2, -0.15) is 0 Å². The maximum atomic E-state index is 13.7. The van der Waals surface area contributed by atoms with Gasteiger partial charge in [0.15, 0.2) is 0 Å². The number of aryl methyl sites for hydroxylation is 1. The molecule has 1 N–H and O–H groups in total. The van der Waals surface area contributed by atoms with Crippen LogP contribution in [0, 0.1) is 24.7 Å². The summed E-state index contributed by atoms with van der Waals surface area (Å²) in [6, 6.07) is 10.4. The van der Waals surface area contributed by atoms with Crippen molar-refractivity contribution in [3.05, 3.63) is 58.8 Å². The van der Waals surface area contributed by atoms with Crippen LogP contribution in [-0.4, -0.2) is 38.4 Å². The number of aromatic nitrogens is 4. The molecule has 7 nitrogen and oxygen atoms in total. The van der Waals surface area contributed by atoms with E-state index < -0.39 is 0 Å². The molecule has 6 rings (SSSR count). The second kappa shape index (κ2) is 12.7. The van der Waals surface area contributed by atoms with Crippen molar-refractivity contribution in [2.45, 2.75) is 96.6 Å². The van der Waals surface area contributed by atoms with Crippen molar-refractivity contribution in [3.63, 3.8) is 0 Å². The lowest BCUT2D eigenvalue weighted by atomic mass is 9.73. The van der Waals surface area contributed by atoms with E-state index in [1.54, 1.807) is 4.57 Å². The minimum absolute atomic E-state index is 0.0341. The Kier molecular flexibility index (Phi) is 8.66. The molecule has 2 aromatic heterocycles. The largest absolute Gasteiger partial charge is 0.381 e. The van der Waals surface area contributed by atoms with Gasteiger partial charge in [-0.05, 0) is 74.6 Å². The highest BCUT2D eigenvalue weighted by molar-refractivity contribution is 5.59. The van der Waals surface area contributed by atoms with Crippen LogP contribution in [0.5, 0.6) is 0 Å². The molecule has 0 spiro atoms. The normalized spacial score (nSPS) is 24.5. The summed E-state index contributed by atoms with van der Waals surface area (Å²) in [6.07, 6.45) is 19.8. The average Bonchev–Trinajstić information content (AvgIpc) is 3.57. The first-order valence-corrected chi connectivity index (χ1v) is 15.7. The first kappa shape index (κ1) is 27.3. The summed E-state index contributed by atoms with van der Waals surface area (Å²) >= 11 is 0. The molecule has 0 amide bonds. The monoisotopic (exact) mass is 543 g/mol. The van der Waals surface area contributed by atoms with Gasteiger partial charge in [0.1, 0.15) is 0 Å². The molecule has 1 unspecified atom stereocenters. The van der Waals surface area contributed by atoms with Crippen LogP contribution in [0.15, 0.2) is 47.5 Å². The van der Waals surface area contributed by atoms with Crippen molar-refractivity contribution in [1.82, 2.24) is 19.1 Å². The van der Waals surface area contributed by atoms with Gasteiger partial charge in [-0.25, -0.2) is 14.8 Å². The van der Waals surface area contributed by atoms with Crippen LogP contribution >= 0.6 is 0 Å². The van der Waals surface area contributed by atoms with E-state index >= 15 is 0 Å². The van der Waals surface area contributed by atoms with E-state index in [1.807, 2.05) is 35.2 Å². The van der Waals surface area contributed by atoms with Gasteiger partial charge in [-0.3, -0.25) is 9.13 Å². The summed E-state index contributed by atoms with van der Waals surface area (Å²) in [7, 11) is 0. The van der Waals surface area contributed by atoms with Crippen molar-refractivity contribution in [2.75, 3.05) is 18.5 Å². The van der Waals surface area contributed by atoms with E-state index in [4.69, 9.17) is 9.72 Å². The summed E-state index contributed by atoms with van der Waals surface area (Å²) < 4.78 is 9.22. The Bertz CT molecular complexity index is 1310. The minimum Gasteiger partial charge on any atom is -0.381 e. The third-order valence-corrected chi connectivity index (χ3v) is 9.53. The maximum absolute atomic E-state index is 13.7. The number of hydrogen-bond donors (Lipinski definition) is 1. The van der Waals surface area contributed by atoms with Crippen LogP contribution in [-0.2, 0) is 11.3 Å². The van der Waals surface area contributed by atoms with Crippen molar-refractivity contribution in [2.24, 2.45) is 17.8 Å². The van der Waals surface area contributed by atoms with Gasteiger partial charge in [-0.15, -0.1) is 0 Å². The zero-order valence-corrected chi connectivity index (χ0v) is 24.1. The molecule has 3 fully saturated rings. The van der Waals surface area contributed by atoms with E-state index in [9.17, 15) is 4.79 Å². The van der Waals surface area contributed by atoms with Crippen LogP contribution in [0.25, 0.3) is 17.1 Å². The lowest BCUT2D eigenvalue weighted by molar-refractivity contribution is 0.182.